The molecule has 0 saturated heterocycles. The summed E-state index contributed by atoms with van der Waals surface area (Å²) in [5.74, 6) is 2.59. The van der Waals surface area contributed by atoms with Crippen LogP contribution in [0.5, 0.6) is 5.75 Å². The van der Waals surface area contributed by atoms with Crippen LogP contribution in [0.4, 0.5) is 0 Å². The lowest BCUT2D eigenvalue weighted by Gasteiger charge is -2.05. The van der Waals surface area contributed by atoms with Gasteiger partial charge >= 0.3 is 0 Å². The molecular weight excluding hydrogens is 250 g/mol. The molecule has 0 unspecified atom stereocenters. The van der Waals surface area contributed by atoms with Crippen molar-refractivity contribution in [2.24, 2.45) is 5.92 Å². The molecule has 1 aromatic carbocycles. The van der Waals surface area contributed by atoms with Gasteiger partial charge in [0.2, 0.25) is 0 Å². The summed E-state index contributed by atoms with van der Waals surface area (Å²) >= 11 is 0. The van der Waals surface area contributed by atoms with Crippen molar-refractivity contribution in [3.63, 3.8) is 0 Å². The zero-order valence-corrected chi connectivity index (χ0v) is 13.0. The zero-order valence-electron chi connectivity index (χ0n) is 13.0. The molecule has 1 aromatic heterocycles. The van der Waals surface area contributed by atoms with Crippen LogP contribution in [0.3, 0.4) is 0 Å². The Kier molecular flexibility index (Phi) is 5.07. The van der Waals surface area contributed by atoms with Crippen molar-refractivity contribution in [3.05, 3.63) is 29.5 Å². The van der Waals surface area contributed by atoms with Gasteiger partial charge in [0.05, 0.1) is 13.2 Å². The molecule has 1 heterocycles. The Bertz CT molecular complexity index is 557. The number of fused-ring (bicyclic) bond motifs is 1. The second-order valence-corrected chi connectivity index (χ2v) is 5.68. The number of rotatable bonds is 7. The van der Waals surface area contributed by atoms with Crippen LogP contribution in [0, 0.1) is 12.8 Å². The quantitative estimate of drug-likeness (QED) is 0.819. The van der Waals surface area contributed by atoms with Crippen LogP contribution >= 0.6 is 0 Å². The maximum absolute atomic E-state index is 5.92. The molecule has 0 spiro atoms. The van der Waals surface area contributed by atoms with E-state index in [2.05, 4.69) is 39.1 Å². The molecule has 20 heavy (non-hydrogen) atoms. The average Bonchev–Trinajstić information content (AvgIpc) is 2.73. The molecule has 3 heteroatoms. The smallest absolute Gasteiger partial charge is 0.134 e. The first-order chi connectivity index (χ1) is 9.61. The van der Waals surface area contributed by atoms with E-state index in [-0.39, 0.29) is 0 Å². The van der Waals surface area contributed by atoms with E-state index >= 15 is 0 Å². The third kappa shape index (κ3) is 3.54. The van der Waals surface area contributed by atoms with Gasteiger partial charge in [-0.25, -0.2) is 0 Å². The highest BCUT2D eigenvalue weighted by Gasteiger charge is 2.11. The Morgan fingerprint density at radius 2 is 2.10 bits per heavy atom. The first-order valence-corrected chi connectivity index (χ1v) is 7.47. The van der Waals surface area contributed by atoms with E-state index in [1.165, 1.54) is 5.56 Å². The van der Waals surface area contributed by atoms with E-state index in [1.807, 2.05) is 12.1 Å². The number of ether oxygens (including phenoxy) is 1. The van der Waals surface area contributed by atoms with Crippen molar-refractivity contribution >= 4 is 11.0 Å². The molecule has 3 nitrogen and oxygen atoms in total. The number of benzene rings is 1. The maximum atomic E-state index is 5.92. The highest BCUT2D eigenvalue weighted by molar-refractivity contribution is 5.83. The van der Waals surface area contributed by atoms with Crippen molar-refractivity contribution in [2.45, 2.75) is 40.7 Å². The summed E-state index contributed by atoms with van der Waals surface area (Å²) < 4.78 is 11.6. The van der Waals surface area contributed by atoms with Crippen molar-refractivity contribution in [1.82, 2.24) is 5.32 Å². The first-order valence-electron chi connectivity index (χ1n) is 7.47. The van der Waals surface area contributed by atoms with E-state index < -0.39 is 0 Å². The molecule has 0 aliphatic rings. The van der Waals surface area contributed by atoms with Crippen LogP contribution in [-0.2, 0) is 6.54 Å². The normalized spacial score (nSPS) is 11.4. The molecule has 0 bridgehead atoms. The topological polar surface area (TPSA) is 34.4 Å². The van der Waals surface area contributed by atoms with Crippen LogP contribution in [0.25, 0.3) is 11.0 Å². The summed E-state index contributed by atoms with van der Waals surface area (Å²) in [6.07, 6.45) is 1.02. The predicted octanol–water partition coefficient (Wildman–Crippen LogP) is 4.28. The Hall–Kier alpha value is -1.48. The van der Waals surface area contributed by atoms with Crippen molar-refractivity contribution in [1.29, 1.82) is 0 Å². The standard InChI is InChI=1S/C17H25NO2/c1-5-8-19-14-6-7-16-15(9-14)13(4)17(20-16)11-18-10-12(2)3/h6-7,9,12,18H,5,8,10-11H2,1-4H3. The molecular formula is C17H25NO2. The highest BCUT2D eigenvalue weighted by Crippen LogP contribution is 2.28. The minimum Gasteiger partial charge on any atom is -0.494 e. The van der Waals surface area contributed by atoms with Gasteiger partial charge in [-0.2, -0.15) is 0 Å². The molecule has 0 fully saturated rings. The molecule has 110 valence electrons. The largest absolute Gasteiger partial charge is 0.494 e. The lowest BCUT2D eigenvalue weighted by molar-refractivity contribution is 0.318. The monoisotopic (exact) mass is 275 g/mol. The van der Waals surface area contributed by atoms with Crippen molar-refractivity contribution in [2.75, 3.05) is 13.2 Å². The van der Waals surface area contributed by atoms with E-state index in [4.69, 9.17) is 9.15 Å². The van der Waals surface area contributed by atoms with Crippen LogP contribution in [0.1, 0.15) is 38.5 Å². The lowest BCUT2D eigenvalue weighted by atomic mass is 10.1. The van der Waals surface area contributed by atoms with Gasteiger partial charge in [-0.15, -0.1) is 0 Å². The number of hydrogen-bond donors (Lipinski definition) is 1. The molecule has 0 aliphatic carbocycles. The van der Waals surface area contributed by atoms with Crippen molar-refractivity contribution < 1.29 is 9.15 Å². The molecule has 0 saturated carbocycles. The minimum atomic E-state index is 0.647. The SMILES string of the molecule is CCCOc1ccc2oc(CNCC(C)C)c(C)c2c1. The van der Waals surface area contributed by atoms with Gasteiger partial charge in [-0.1, -0.05) is 20.8 Å². The maximum Gasteiger partial charge on any atom is 0.134 e. The summed E-state index contributed by atoms with van der Waals surface area (Å²) in [4.78, 5) is 0. The van der Waals surface area contributed by atoms with Crippen molar-refractivity contribution in [3.8, 4) is 5.75 Å². The van der Waals surface area contributed by atoms with Crippen LogP contribution < -0.4 is 10.1 Å². The Morgan fingerprint density at radius 3 is 2.80 bits per heavy atom. The predicted molar refractivity (Wildman–Crippen MR) is 83.3 cm³/mol. The fourth-order valence-corrected chi connectivity index (χ4v) is 2.20. The molecule has 0 amide bonds. The number of hydrogen-bond acceptors (Lipinski definition) is 3. The Labute approximate surface area is 121 Å². The van der Waals surface area contributed by atoms with Gasteiger partial charge in [-0.05, 0) is 49.6 Å². The van der Waals surface area contributed by atoms with Gasteiger partial charge in [0.25, 0.3) is 0 Å². The molecule has 0 atom stereocenters. The minimum absolute atomic E-state index is 0.647. The van der Waals surface area contributed by atoms with Gasteiger partial charge in [-0.3, -0.25) is 0 Å². The molecule has 2 rings (SSSR count). The zero-order chi connectivity index (χ0) is 14.5. The third-order valence-corrected chi connectivity index (χ3v) is 3.32. The molecule has 2 aromatic rings. The lowest BCUT2D eigenvalue weighted by Crippen LogP contribution is -2.18. The van der Waals surface area contributed by atoms with E-state index in [0.717, 1.165) is 48.6 Å². The average molecular weight is 275 g/mol. The van der Waals surface area contributed by atoms with Crippen LogP contribution in [-0.4, -0.2) is 13.2 Å². The third-order valence-electron chi connectivity index (χ3n) is 3.32. The van der Waals surface area contributed by atoms with E-state index in [1.54, 1.807) is 0 Å². The fourth-order valence-electron chi connectivity index (χ4n) is 2.20. The van der Waals surface area contributed by atoms with Crippen LogP contribution in [0.15, 0.2) is 22.6 Å². The van der Waals surface area contributed by atoms with E-state index in [0.29, 0.717) is 5.92 Å². The summed E-state index contributed by atoms with van der Waals surface area (Å²) in [6.45, 7) is 11.2. The van der Waals surface area contributed by atoms with Gasteiger partial charge in [0.1, 0.15) is 17.1 Å². The molecule has 1 N–H and O–H groups in total. The number of aryl methyl sites for hydroxylation is 1. The first kappa shape index (κ1) is 14.9. The second kappa shape index (κ2) is 6.80. The summed E-state index contributed by atoms with van der Waals surface area (Å²) in [5.41, 5.74) is 2.14. The Morgan fingerprint density at radius 1 is 1.30 bits per heavy atom. The highest BCUT2D eigenvalue weighted by atomic mass is 16.5. The van der Waals surface area contributed by atoms with Gasteiger partial charge in [0.15, 0.2) is 0 Å². The summed E-state index contributed by atoms with van der Waals surface area (Å²) in [7, 11) is 0. The van der Waals surface area contributed by atoms with Gasteiger partial charge in [0, 0.05) is 5.39 Å². The fraction of sp³-hybridized carbons (Fsp3) is 0.529. The molecule has 0 radical (unpaired) electrons. The summed E-state index contributed by atoms with van der Waals surface area (Å²) in [5, 5.41) is 4.58. The van der Waals surface area contributed by atoms with Gasteiger partial charge < -0.3 is 14.5 Å². The van der Waals surface area contributed by atoms with E-state index in [9.17, 15) is 0 Å². The van der Waals surface area contributed by atoms with Crippen LogP contribution in [0.2, 0.25) is 0 Å². The Balaban J connectivity index is 2.15. The number of nitrogens with one attached hydrogen (secondary N) is 1. The second-order valence-electron chi connectivity index (χ2n) is 5.68. The summed E-state index contributed by atoms with van der Waals surface area (Å²) in [6, 6.07) is 6.06. The number of furan rings is 1. The molecule has 0 aliphatic heterocycles.